The molecule has 1 fully saturated rings. The smallest absolute Gasteiger partial charge is 0.230 e. The van der Waals surface area contributed by atoms with Gasteiger partial charge in [0.1, 0.15) is 5.58 Å². The van der Waals surface area contributed by atoms with E-state index in [-0.39, 0.29) is 29.3 Å². The third-order valence-electron chi connectivity index (χ3n) is 5.58. The number of para-hydroxylation sites is 1. The Kier molecular flexibility index (Phi) is 5.16. The first-order valence-corrected chi connectivity index (χ1v) is 11.1. The van der Waals surface area contributed by atoms with E-state index in [1.165, 1.54) is 0 Å². The Morgan fingerprint density at radius 1 is 0.968 bits per heavy atom. The number of halogens is 2. The minimum absolute atomic E-state index is 0.114. The third kappa shape index (κ3) is 3.91. The summed E-state index contributed by atoms with van der Waals surface area (Å²) in [6.45, 7) is 0. The van der Waals surface area contributed by atoms with Crippen LogP contribution < -0.4 is 5.32 Å². The lowest BCUT2D eigenvalue weighted by molar-refractivity contribution is -0.117. The van der Waals surface area contributed by atoms with Gasteiger partial charge in [-0.25, -0.2) is 0 Å². The molecular formula is C25H17BrClNO3. The summed E-state index contributed by atoms with van der Waals surface area (Å²) in [5, 5.41) is 4.36. The Balaban J connectivity index is 1.44. The van der Waals surface area contributed by atoms with E-state index in [1.54, 1.807) is 30.3 Å². The van der Waals surface area contributed by atoms with E-state index in [2.05, 4.69) is 21.2 Å². The second-order valence-corrected chi connectivity index (χ2v) is 8.98. The summed E-state index contributed by atoms with van der Waals surface area (Å²) in [5.41, 5.74) is 2.56. The molecule has 1 aromatic heterocycles. The van der Waals surface area contributed by atoms with Gasteiger partial charge in [0, 0.05) is 26.4 Å². The van der Waals surface area contributed by atoms with Gasteiger partial charge in [0.05, 0.1) is 5.69 Å². The Labute approximate surface area is 192 Å². The van der Waals surface area contributed by atoms with Crippen molar-refractivity contribution in [2.45, 2.75) is 12.3 Å². The summed E-state index contributed by atoms with van der Waals surface area (Å²) in [5.74, 6) is -0.243. The van der Waals surface area contributed by atoms with E-state index in [0.717, 1.165) is 16.5 Å². The van der Waals surface area contributed by atoms with Gasteiger partial charge >= 0.3 is 0 Å². The predicted molar refractivity (Wildman–Crippen MR) is 125 cm³/mol. The second-order valence-electron chi connectivity index (χ2n) is 7.63. The molecule has 0 radical (unpaired) electrons. The monoisotopic (exact) mass is 493 g/mol. The van der Waals surface area contributed by atoms with E-state index in [9.17, 15) is 9.59 Å². The highest BCUT2D eigenvalue weighted by Gasteiger charge is 2.44. The standard InChI is InChI=1S/C25H17BrClNO3/c26-16-9-5-15(6-10-16)23(29)24-22(18-3-1-2-4-21(18)31-24)28-25(30)20-13-19(20)14-7-11-17(27)12-8-14/h1-12,19-20H,13H2,(H,28,30). The van der Waals surface area contributed by atoms with Crippen LogP contribution in [0.2, 0.25) is 5.02 Å². The van der Waals surface area contributed by atoms with E-state index in [1.807, 2.05) is 42.5 Å². The molecule has 1 aliphatic rings. The van der Waals surface area contributed by atoms with Crippen LogP contribution in [-0.2, 0) is 4.79 Å². The zero-order valence-electron chi connectivity index (χ0n) is 16.3. The molecule has 0 spiro atoms. The molecule has 6 heteroatoms. The maximum Gasteiger partial charge on any atom is 0.230 e. The fourth-order valence-electron chi connectivity index (χ4n) is 3.84. The number of nitrogens with one attached hydrogen (secondary N) is 1. The third-order valence-corrected chi connectivity index (χ3v) is 6.36. The number of fused-ring (bicyclic) bond motifs is 1. The van der Waals surface area contributed by atoms with Gasteiger partial charge in [0.15, 0.2) is 5.76 Å². The van der Waals surface area contributed by atoms with Crippen molar-refractivity contribution < 1.29 is 14.0 Å². The first kappa shape index (κ1) is 20.0. The van der Waals surface area contributed by atoms with E-state index < -0.39 is 0 Å². The van der Waals surface area contributed by atoms with Crippen molar-refractivity contribution in [2.24, 2.45) is 5.92 Å². The van der Waals surface area contributed by atoms with Gasteiger partial charge < -0.3 is 9.73 Å². The molecule has 1 amide bonds. The van der Waals surface area contributed by atoms with Gasteiger partial charge in [-0.1, -0.05) is 51.8 Å². The van der Waals surface area contributed by atoms with Crippen LogP contribution in [-0.4, -0.2) is 11.7 Å². The summed E-state index contributed by atoms with van der Waals surface area (Å²) in [6, 6.07) is 22.0. The number of carbonyl (C=O) groups is 2. The highest BCUT2D eigenvalue weighted by atomic mass is 79.9. The summed E-state index contributed by atoms with van der Waals surface area (Å²) in [4.78, 5) is 26.2. The highest BCUT2D eigenvalue weighted by molar-refractivity contribution is 9.10. The molecule has 31 heavy (non-hydrogen) atoms. The average Bonchev–Trinajstić information content (AvgIpc) is 3.50. The number of amides is 1. The molecule has 0 bridgehead atoms. The summed E-state index contributed by atoms with van der Waals surface area (Å²) in [6.07, 6.45) is 0.763. The maximum absolute atomic E-state index is 13.2. The molecule has 1 N–H and O–H groups in total. The Bertz CT molecular complexity index is 1290. The molecule has 4 aromatic rings. The highest BCUT2D eigenvalue weighted by Crippen LogP contribution is 2.48. The number of hydrogen-bond donors (Lipinski definition) is 1. The number of hydrogen-bond acceptors (Lipinski definition) is 3. The van der Waals surface area contributed by atoms with Gasteiger partial charge in [-0.05, 0) is 66.4 Å². The molecule has 154 valence electrons. The lowest BCUT2D eigenvalue weighted by atomic mass is 10.1. The van der Waals surface area contributed by atoms with E-state index in [0.29, 0.717) is 27.2 Å². The van der Waals surface area contributed by atoms with Crippen molar-refractivity contribution in [1.82, 2.24) is 0 Å². The Morgan fingerprint density at radius 2 is 1.68 bits per heavy atom. The van der Waals surface area contributed by atoms with Crippen LogP contribution in [0.1, 0.15) is 34.0 Å². The average molecular weight is 495 g/mol. The molecule has 4 nitrogen and oxygen atoms in total. The molecule has 2 unspecified atom stereocenters. The molecular weight excluding hydrogens is 478 g/mol. The molecule has 0 saturated heterocycles. The van der Waals surface area contributed by atoms with Crippen molar-refractivity contribution in [3.8, 4) is 0 Å². The van der Waals surface area contributed by atoms with Crippen LogP contribution in [0.4, 0.5) is 5.69 Å². The van der Waals surface area contributed by atoms with E-state index >= 15 is 0 Å². The Hall–Kier alpha value is -2.89. The first-order chi connectivity index (χ1) is 15.0. The summed E-state index contributed by atoms with van der Waals surface area (Å²) >= 11 is 9.35. The predicted octanol–water partition coefficient (Wildman–Crippen LogP) is 6.82. The van der Waals surface area contributed by atoms with Gasteiger partial charge in [-0.2, -0.15) is 0 Å². The van der Waals surface area contributed by atoms with Gasteiger partial charge in [-0.15, -0.1) is 0 Å². The van der Waals surface area contributed by atoms with Crippen LogP contribution in [0.3, 0.4) is 0 Å². The van der Waals surface area contributed by atoms with Crippen LogP contribution in [0, 0.1) is 5.92 Å². The molecule has 1 heterocycles. The molecule has 1 saturated carbocycles. The zero-order valence-corrected chi connectivity index (χ0v) is 18.6. The van der Waals surface area contributed by atoms with Crippen molar-refractivity contribution >= 4 is 55.9 Å². The number of carbonyl (C=O) groups excluding carboxylic acids is 2. The lowest BCUT2D eigenvalue weighted by Gasteiger charge is -2.07. The topological polar surface area (TPSA) is 59.3 Å². The number of benzene rings is 3. The molecule has 3 aromatic carbocycles. The number of ketones is 1. The fraction of sp³-hybridized carbons (Fsp3) is 0.120. The molecule has 1 aliphatic carbocycles. The van der Waals surface area contributed by atoms with Gasteiger partial charge in [0.25, 0.3) is 0 Å². The van der Waals surface area contributed by atoms with Crippen molar-refractivity contribution in [1.29, 1.82) is 0 Å². The SMILES string of the molecule is O=C(c1ccc(Br)cc1)c1oc2ccccc2c1NC(=O)C1CC1c1ccc(Cl)cc1. The van der Waals surface area contributed by atoms with Crippen molar-refractivity contribution in [2.75, 3.05) is 5.32 Å². The zero-order chi connectivity index (χ0) is 21.5. The summed E-state index contributed by atoms with van der Waals surface area (Å²) in [7, 11) is 0. The Morgan fingerprint density at radius 3 is 2.42 bits per heavy atom. The largest absolute Gasteiger partial charge is 0.450 e. The first-order valence-electron chi connectivity index (χ1n) is 9.89. The van der Waals surface area contributed by atoms with Crippen LogP contribution >= 0.6 is 27.5 Å². The molecule has 0 aliphatic heterocycles. The fourth-order valence-corrected chi connectivity index (χ4v) is 4.23. The molecule has 2 atom stereocenters. The second kappa shape index (κ2) is 7.98. The quantitative estimate of drug-likeness (QED) is 0.310. The minimum Gasteiger partial charge on any atom is -0.450 e. The number of rotatable bonds is 5. The van der Waals surface area contributed by atoms with Gasteiger partial charge in [0.2, 0.25) is 11.7 Å². The summed E-state index contributed by atoms with van der Waals surface area (Å²) < 4.78 is 6.76. The van der Waals surface area contributed by atoms with Gasteiger partial charge in [-0.3, -0.25) is 9.59 Å². The lowest BCUT2D eigenvalue weighted by Crippen LogP contribution is -2.16. The minimum atomic E-state index is -0.274. The van der Waals surface area contributed by atoms with Crippen molar-refractivity contribution in [3.05, 3.63) is 99.2 Å². The number of furan rings is 1. The van der Waals surface area contributed by atoms with Crippen molar-refractivity contribution in [3.63, 3.8) is 0 Å². The van der Waals surface area contributed by atoms with Crippen LogP contribution in [0.15, 0.2) is 81.7 Å². The maximum atomic E-state index is 13.2. The molecule has 5 rings (SSSR count). The van der Waals surface area contributed by atoms with Crippen LogP contribution in [0.5, 0.6) is 0 Å². The van der Waals surface area contributed by atoms with Crippen LogP contribution in [0.25, 0.3) is 11.0 Å². The van der Waals surface area contributed by atoms with E-state index in [4.69, 9.17) is 16.0 Å². The number of anilines is 1. The normalized spacial score (nSPS) is 17.5.